The summed E-state index contributed by atoms with van der Waals surface area (Å²) in [7, 11) is 2.97. The van der Waals surface area contributed by atoms with Crippen molar-refractivity contribution >= 4 is 68.2 Å². The maximum absolute atomic E-state index is 13.3. The van der Waals surface area contributed by atoms with E-state index in [0.29, 0.717) is 9.63 Å². The molecule has 7 nitrogen and oxygen atoms in total. The number of nitrogens with zero attached hydrogens (tertiary/aromatic N) is 4. The van der Waals surface area contributed by atoms with Crippen molar-refractivity contribution in [3.05, 3.63) is 67.5 Å². The van der Waals surface area contributed by atoms with E-state index in [2.05, 4.69) is 31.3 Å². The minimum atomic E-state index is -0.487. The van der Waals surface area contributed by atoms with Crippen molar-refractivity contribution in [1.82, 2.24) is 20.1 Å². The molecule has 0 saturated carbocycles. The number of pyridine rings is 1. The Morgan fingerprint density at radius 2 is 1.90 bits per heavy atom. The molecule has 0 fully saturated rings. The van der Waals surface area contributed by atoms with Gasteiger partial charge in [0.1, 0.15) is 10.3 Å². The van der Waals surface area contributed by atoms with E-state index in [1.54, 1.807) is 12.1 Å². The van der Waals surface area contributed by atoms with E-state index in [0.717, 1.165) is 0 Å². The molecule has 0 unspecified atom stereocenters. The van der Waals surface area contributed by atoms with Gasteiger partial charge in [0.2, 0.25) is 0 Å². The lowest BCUT2D eigenvalue weighted by atomic mass is 10.1. The number of amides is 2. The first kappa shape index (κ1) is 21.6. The molecule has 2 heterocycles. The topological polar surface area (TPSA) is 80.1 Å². The molecule has 0 bridgehead atoms. The Morgan fingerprint density at radius 1 is 1.17 bits per heavy atom. The van der Waals surface area contributed by atoms with Crippen molar-refractivity contribution in [3.8, 4) is 5.82 Å². The van der Waals surface area contributed by atoms with Crippen LogP contribution in [0.5, 0.6) is 0 Å². The maximum atomic E-state index is 13.3. The van der Waals surface area contributed by atoms with E-state index >= 15 is 0 Å². The molecule has 2 amide bonds. The number of rotatable bonds is 4. The summed E-state index contributed by atoms with van der Waals surface area (Å²) < 4.78 is 1.72. The van der Waals surface area contributed by atoms with Gasteiger partial charge in [0.15, 0.2) is 5.82 Å². The molecular weight excluding hydrogens is 504 g/mol. The van der Waals surface area contributed by atoms with Gasteiger partial charge in [0.05, 0.1) is 21.3 Å². The first-order chi connectivity index (χ1) is 13.7. The van der Waals surface area contributed by atoms with Gasteiger partial charge >= 0.3 is 0 Å². The second-order valence-electron chi connectivity index (χ2n) is 5.80. The molecule has 0 aliphatic rings. The van der Waals surface area contributed by atoms with Gasteiger partial charge in [-0.2, -0.15) is 5.10 Å². The summed E-state index contributed by atoms with van der Waals surface area (Å²) in [6.45, 7) is 0. The molecule has 0 radical (unpaired) electrons. The fraction of sp³-hybridized carbons (Fsp3) is 0.111. The Hall–Kier alpha value is -2.13. The maximum Gasteiger partial charge on any atom is 0.276 e. The van der Waals surface area contributed by atoms with Crippen LogP contribution in [0.15, 0.2) is 41.1 Å². The standard InChI is InChI=1S/C18H13BrCl3N5O2/c1-23-17(28)10-6-9(20)7-12(22)15(10)26(2)18(29)13-8-14(19)25-27(13)16-11(21)4-3-5-24-16/h3-8H,1-2H3,(H,23,28). The molecule has 0 spiro atoms. The van der Waals surface area contributed by atoms with E-state index in [1.807, 2.05) is 0 Å². The molecule has 3 aromatic rings. The van der Waals surface area contributed by atoms with Crippen molar-refractivity contribution in [2.75, 3.05) is 19.0 Å². The highest BCUT2D eigenvalue weighted by molar-refractivity contribution is 9.10. The quantitative estimate of drug-likeness (QED) is 0.548. The summed E-state index contributed by atoms with van der Waals surface area (Å²) in [6, 6.07) is 7.72. The average molecular weight is 518 g/mol. The van der Waals surface area contributed by atoms with Gasteiger partial charge in [-0.3, -0.25) is 9.59 Å². The molecule has 2 aromatic heterocycles. The molecular formula is C18H13BrCl3N5O2. The molecule has 0 aliphatic carbocycles. The van der Waals surface area contributed by atoms with Crippen molar-refractivity contribution in [1.29, 1.82) is 0 Å². The van der Waals surface area contributed by atoms with Gasteiger partial charge in [-0.25, -0.2) is 9.67 Å². The lowest BCUT2D eigenvalue weighted by molar-refractivity contribution is 0.0963. The first-order valence-electron chi connectivity index (χ1n) is 8.10. The van der Waals surface area contributed by atoms with Crippen LogP contribution >= 0.6 is 50.7 Å². The van der Waals surface area contributed by atoms with Crippen molar-refractivity contribution in [2.24, 2.45) is 0 Å². The van der Waals surface area contributed by atoms with Gasteiger partial charge in [-0.15, -0.1) is 0 Å². The highest BCUT2D eigenvalue weighted by Gasteiger charge is 2.27. The first-order valence-corrected chi connectivity index (χ1v) is 10.0. The number of carbonyl (C=O) groups is 2. The van der Waals surface area contributed by atoms with Crippen LogP contribution < -0.4 is 10.2 Å². The molecule has 0 aliphatic heterocycles. The summed E-state index contributed by atoms with van der Waals surface area (Å²) in [4.78, 5) is 31.1. The van der Waals surface area contributed by atoms with Crippen LogP contribution in [-0.4, -0.2) is 40.7 Å². The summed E-state index contributed by atoms with van der Waals surface area (Å²) >= 11 is 21.9. The Labute approximate surface area is 189 Å². The summed E-state index contributed by atoms with van der Waals surface area (Å²) in [5, 5.41) is 7.50. The van der Waals surface area contributed by atoms with Crippen LogP contribution in [0, 0.1) is 0 Å². The lowest BCUT2D eigenvalue weighted by Crippen LogP contribution is -2.31. The predicted molar refractivity (Wildman–Crippen MR) is 117 cm³/mol. The van der Waals surface area contributed by atoms with Crippen molar-refractivity contribution < 1.29 is 9.59 Å². The van der Waals surface area contributed by atoms with E-state index < -0.39 is 11.8 Å². The number of anilines is 1. The third-order valence-electron chi connectivity index (χ3n) is 3.98. The van der Waals surface area contributed by atoms with Crippen LogP contribution in [0.25, 0.3) is 5.82 Å². The van der Waals surface area contributed by atoms with Crippen molar-refractivity contribution in [2.45, 2.75) is 0 Å². The zero-order valence-corrected chi connectivity index (χ0v) is 18.9. The van der Waals surface area contributed by atoms with E-state index in [9.17, 15) is 9.59 Å². The molecule has 11 heteroatoms. The van der Waals surface area contributed by atoms with Crippen LogP contribution in [0.1, 0.15) is 20.8 Å². The fourth-order valence-corrected chi connectivity index (χ4v) is 3.88. The zero-order chi connectivity index (χ0) is 21.3. The van der Waals surface area contributed by atoms with Gasteiger partial charge in [0, 0.05) is 31.4 Å². The highest BCUT2D eigenvalue weighted by Crippen LogP contribution is 2.34. The monoisotopic (exact) mass is 515 g/mol. The second kappa shape index (κ2) is 8.71. The molecule has 0 atom stereocenters. The van der Waals surface area contributed by atoms with Crippen LogP contribution in [0.3, 0.4) is 0 Å². The predicted octanol–water partition coefficient (Wildman–Crippen LogP) is 4.63. The third-order valence-corrected chi connectivity index (χ3v) is 5.17. The van der Waals surface area contributed by atoms with Crippen LogP contribution in [-0.2, 0) is 0 Å². The van der Waals surface area contributed by atoms with Gasteiger partial charge in [0.25, 0.3) is 11.8 Å². The molecule has 0 saturated heterocycles. The Kier molecular flexibility index (Phi) is 6.48. The Balaban J connectivity index is 2.12. The molecule has 3 rings (SSSR count). The number of carbonyl (C=O) groups excluding carboxylic acids is 2. The van der Waals surface area contributed by atoms with Crippen LogP contribution in [0.4, 0.5) is 5.69 Å². The second-order valence-corrected chi connectivity index (χ2v) is 7.86. The van der Waals surface area contributed by atoms with Crippen LogP contribution in [0.2, 0.25) is 15.1 Å². The number of nitrogens with one attached hydrogen (secondary N) is 1. The third kappa shape index (κ3) is 4.25. The van der Waals surface area contributed by atoms with E-state index in [-0.39, 0.29) is 32.8 Å². The Morgan fingerprint density at radius 3 is 2.55 bits per heavy atom. The average Bonchev–Trinajstić information content (AvgIpc) is 3.07. The van der Waals surface area contributed by atoms with E-state index in [1.165, 1.54) is 48.1 Å². The lowest BCUT2D eigenvalue weighted by Gasteiger charge is -2.22. The number of benzene rings is 1. The molecule has 1 N–H and O–H groups in total. The number of aromatic nitrogens is 3. The van der Waals surface area contributed by atoms with E-state index in [4.69, 9.17) is 34.8 Å². The molecule has 150 valence electrons. The summed E-state index contributed by atoms with van der Waals surface area (Å²) in [6.07, 6.45) is 1.54. The largest absolute Gasteiger partial charge is 0.355 e. The minimum absolute atomic E-state index is 0.146. The highest BCUT2D eigenvalue weighted by atomic mass is 79.9. The van der Waals surface area contributed by atoms with Crippen molar-refractivity contribution in [3.63, 3.8) is 0 Å². The smallest absolute Gasteiger partial charge is 0.276 e. The SMILES string of the molecule is CNC(=O)c1cc(Cl)cc(Cl)c1N(C)C(=O)c1cc(Br)nn1-c1ncccc1Cl. The Bertz CT molecular complexity index is 1120. The number of hydrogen-bond acceptors (Lipinski definition) is 4. The molecule has 1 aromatic carbocycles. The van der Waals surface area contributed by atoms with Gasteiger partial charge in [-0.1, -0.05) is 34.8 Å². The fourth-order valence-electron chi connectivity index (χ4n) is 2.69. The normalized spacial score (nSPS) is 10.7. The number of halogens is 4. The minimum Gasteiger partial charge on any atom is -0.355 e. The van der Waals surface area contributed by atoms with Gasteiger partial charge in [-0.05, 0) is 40.2 Å². The van der Waals surface area contributed by atoms with Gasteiger partial charge < -0.3 is 10.2 Å². The summed E-state index contributed by atoms with van der Waals surface area (Å²) in [5.41, 5.74) is 0.520. The summed E-state index contributed by atoms with van der Waals surface area (Å²) in [5.74, 6) is -0.642. The number of hydrogen-bond donors (Lipinski definition) is 1. The molecule has 29 heavy (non-hydrogen) atoms. The zero-order valence-electron chi connectivity index (χ0n) is 15.1.